The van der Waals surface area contributed by atoms with E-state index in [0.29, 0.717) is 42.7 Å². The highest BCUT2D eigenvalue weighted by atomic mass is 32.1. The summed E-state index contributed by atoms with van der Waals surface area (Å²) >= 11 is 1.13. The van der Waals surface area contributed by atoms with Gasteiger partial charge in [-0.25, -0.2) is 4.79 Å². The number of hydrogen-bond acceptors (Lipinski definition) is 5. The van der Waals surface area contributed by atoms with Crippen LogP contribution in [0.4, 0.5) is 5.69 Å². The van der Waals surface area contributed by atoms with Crippen molar-refractivity contribution < 1.29 is 23.8 Å². The summed E-state index contributed by atoms with van der Waals surface area (Å²) in [6.45, 7) is 11.4. The van der Waals surface area contributed by atoms with Gasteiger partial charge in [0.15, 0.2) is 7.37 Å². The van der Waals surface area contributed by atoms with Crippen LogP contribution in [0.25, 0.3) is 0 Å². The molecule has 1 aromatic heterocycles. The van der Waals surface area contributed by atoms with E-state index in [-0.39, 0.29) is 34.3 Å². The maximum absolute atomic E-state index is 13.9. The zero-order chi connectivity index (χ0) is 26.0. The fraction of sp³-hybridized carbons (Fsp3) is 0.630. The molecule has 1 aromatic rings. The minimum Gasteiger partial charge on any atom is -0.477 e. The Morgan fingerprint density at radius 3 is 2.34 bits per heavy atom. The Kier molecular flexibility index (Phi) is 8.73. The molecule has 0 aromatic carbocycles. The van der Waals surface area contributed by atoms with Gasteiger partial charge in [-0.1, -0.05) is 23.5 Å². The molecule has 1 atom stereocenters. The van der Waals surface area contributed by atoms with Gasteiger partial charge in [0.1, 0.15) is 4.88 Å². The lowest BCUT2D eigenvalue weighted by Crippen LogP contribution is -2.46. The van der Waals surface area contributed by atoms with Crippen LogP contribution in [0.3, 0.4) is 0 Å². The minimum atomic E-state index is -2.60. The highest BCUT2D eigenvalue weighted by Crippen LogP contribution is 2.44. The van der Waals surface area contributed by atoms with E-state index < -0.39 is 13.3 Å². The largest absolute Gasteiger partial charge is 0.477 e. The Bertz CT molecular complexity index is 1090. The molecule has 192 valence electrons. The standard InChI is InChI=1S/C27H38NO5PS/c1-18-7-9-19(10-8-18)25(29)28(20-11-13-21(14-12-20)33-34(5,6)32)23-17-22(15-16-27(2,3)4)35-24(23)26(30)31/h7,17,19-21H,8-14H2,1-6H3,(H,30,31)/t19?,20-,21-. The van der Waals surface area contributed by atoms with Crippen molar-refractivity contribution in [3.63, 3.8) is 0 Å². The van der Waals surface area contributed by atoms with E-state index in [1.54, 1.807) is 24.3 Å². The average Bonchev–Trinajstić information content (AvgIpc) is 3.17. The van der Waals surface area contributed by atoms with Gasteiger partial charge in [-0.3, -0.25) is 9.36 Å². The second kappa shape index (κ2) is 11.0. The number of amides is 1. The second-order valence-electron chi connectivity index (χ2n) is 11.1. The third-order valence-electron chi connectivity index (χ3n) is 6.36. The number of hydrogen-bond donors (Lipinski definition) is 1. The molecule has 1 saturated carbocycles. The van der Waals surface area contributed by atoms with Crippen molar-refractivity contribution in [3.05, 3.63) is 27.5 Å². The monoisotopic (exact) mass is 519 g/mol. The van der Waals surface area contributed by atoms with Crippen molar-refractivity contribution in [2.45, 2.75) is 84.8 Å². The first-order valence-corrected chi connectivity index (χ1v) is 15.7. The molecule has 0 radical (unpaired) electrons. The first-order valence-electron chi connectivity index (χ1n) is 12.4. The van der Waals surface area contributed by atoms with E-state index in [9.17, 15) is 19.3 Å². The lowest BCUT2D eigenvalue weighted by atomic mass is 9.86. The van der Waals surface area contributed by atoms with E-state index in [4.69, 9.17) is 4.52 Å². The van der Waals surface area contributed by atoms with Gasteiger partial charge in [0.05, 0.1) is 16.7 Å². The van der Waals surface area contributed by atoms with Gasteiger partial charge < -0.3 is 14.5 Å². The number of carboxylic acid groups (broad SMARTS) is 1. The summed E-state index contributed by atoms with van der Waals surface area (Å²) in [7, 11) is -2.60. The van der Waals surface area contributed by atoms with Gasteiger partial charge in [0, 0.05) is 30.7 Å². The summed E-state index contributed by atoms with van der Waals surface area (Å²) in [5.74, 6) is 5.08. The molecule has 1 N–H and O–H groups in total. The van der Waals surface area contributed by atoms with Crippen molar-refractivity contribution >= 4 is 36.3 Å². The van der Waals surface area contributed by atoms with Gasteiger partial charge in [-0.2, -0.15) is 0 Å². The van der Waals surface area contributed by atoms with Crippen LogP contribution in [0.15, 0.2) is 17.7 Å². The molecule has 1 unspecified atom stereocenters. The summed E-state index contributed by atoms with van der Waals surface area (Å²) < 4.78 is 17.9. The highest BCUT2D eigenvalue weighted by Gasteiger charge is 2.37. The third kappa shape index (κ3) is 7.81. The fourth-order valence-corrected chi connectivity index (χ4v) is 6.44. The number of aromatic carboxylic acids is 1. The van der Waals surface area contributed by atoms with Gasteiger partial charge in [-0.15, -0.1) is 11.3 Å². The smallest absolute Gasteiger partial charge is 0.348 e. The number of carbonyl (C=O) groups is 2. The zero-order valence-corrected chi connectivity index (χ0v) is 23.4. The first-order chi connectivity index (χ1) is 16.2. The molecule has 2 aliphatic rings. The van der Waals surface area contributed by atoms with Crippen LogP contribution in [0, 0.1) is 23.2 Å². The normalized spacial score (nSPS) is 23.1. The summed E-state index contributed by atoms with van der Waals surface area (Å²) in [5, 5.41) is 10.0. The number of rotatable bonds is 6. The number of carbonyl (C=O) groups excluding carboxylic acids is 1. The van der Waals surface area contributed by atoms with Crippen LogP contribution < -0.4 is 4.90 Å². The molecule has 0 spiro atoms. The number of allylic oxidation sites excluding steroid dienone is 2. The first kappa shape index (κ1) is 27.7. The molecule has 6 nitrogen and oxygen atoms in total. The Morgan fingerprint density at radius 1 is 1.17 bits per heavy atom. The van der Waals surface area contributed by atoms with Gasteiger partial charge in [-0.05, 0) is 78.7 Å². The van der Waals surface area contributed by atoms with Crippen molar-refractivity contribution in [2.24, 2.45) is 11.3 Å². The fourth-order valence-electron chi connectivity index (χ4n) is 4.67. The van der Waals surface area contributed by atoms with Gasteiger partial charge in [0.25, 0.3) is 0 Å². The third-order valence-corrected chi connectivity index (χ3v) is 8.20. The van der Waals surface area contributed by atoms with Crippen molar-refractivity contribution in [1.82, 2.24) is 0 Å². The Morgan fingerprint density at radius 2 is 1.83 bits per heavy atom. The van der Waals surface area contributed by atoms with Crippen LogP contribution >= 0.6 is 18.7 Å². The molecule has 0 saturated heterocycles. The van der Waals surface area contributed by atoms with E-state index in [0.717, 1.165) is 24.2 Å². The molecule has 2 aliphatic carbocycles. The summed E-state index contributed by atoms with van der Waals surface area (Å²) in [4.78, 5) is 28.7. The van der Waals surface area contributed by atoms with E-state index in [1.165, 1.54) is 5.57 Å². The van der Waals surface area contributed by atoms with Gasteiger partial charge >= 0.3 is 5.97 Å². The van der Waals surface area contributed by atoms with Crippen LogP contribution in [0.2, 0.25) is 0 Å². The minimum absolute atomic E-state index is 0.00889. The van der Waals surface area contributed by atoms with E-state index >= 15 is 0 Å². The summed E-state index contributed by atoms with van der Waals surface area (Å²) in [6, 6.07) is 1.65. The molecule has 35 heavy (non-hydrogen) atoms. The summed E-state index contributed by atoms with van der Waals surface area (Å²) in [6.07, 6.45) is 7.09. The molecule has 1 amide bonds. The van der Waals surface area contributed by atoms with E-state index in [1.807, 2.05) is 20.8 Å². The molecule has 0 bridgehead atoms. The molecule has 1 fully saturated rings. The molecular formula is C27H38NO5PS. The molecular weight excluding hydrogens is 481 g/mol. The Balaban J connectivity index is 1.96. The highest BCUT2D eigenvalue weighted by molar-refractivity contribution is 7.57. The zero-order valence-electron chi connectivity index (χ0n) is 21.7. The number of anilines is 1. The van der Waals surface area contributed by atoms with Crippen LogP contribution in [0.5, 0.6) is 0 Å². The van der Waals surface area contributed by atoms with Crippen LogP contribution in [-0.4, -0.2) is 42.5 Å². The molecule has 8 heteroatoms. The number of nitrogens with zero attached hydrogens (tertiary/aromatic N) is 1. The number of carboxylic acids is 1. The van der Waals surface area contributed by atoms with Gasteiger partial charge in [0.2, 0.25) is 5.91 Å². The van der Waals surface area contributed by atoms with E-state index in [2.05, 4.69) is 24.8 Å². The van der Waals surface area contributed by atoms with Crippen LogP contribution in [0.1, 0.15) is 87.2 Å². The second-order valence-corrected chi connectivity index (χ2v) is 14.9. The predicted molar refractivity (Wildman–Crippen MR) is 143 cm³/mol. The Hall–Kier alpha value is -1.87. The quantitative estimate of drug-likeness (QED) is 0.254. The molecule has 1 heterocycles. The van der Waals surface area contributed by atoms with Crippen molar-refractivity contribution in [3.8, 4) is 11.8 Å². The maximum Gasteiger partial charge on any atom is 0.348 e. The Labute approximate surface area is 213 Å². The lowest BCUT2D eigenvalue weighted by Gasteiger charge is -2.39. The topological polar surface area (TPSA) is 83.9 Å². The van der Waals surface area contributed by atoms with Crippen molar-refractivity contribution in [2.75, 3.05) is 18.2 Å². The summed E-state index contributed by atoms with van der Waals surface area (Å²) in [5.41, 5.74) is 1.53. The lowest BCUT2D eigenvalue weighted by molar-refractivity contribution is -0.123. The van der Waals surface area contributed by atoms with Crippen LogP contribution in [-0.2, 0) is 13.9 Å². The maximum atomic E-state index is 13.9. The molecule has 0 aliphatic heterocycles. The number of thiophene rings is 1. The SMILES string of the molecule is CC1=CCC(C(=O)N(c2cc(C#CC(C)(C)C)sc2C(=O)O)[C@H]2CC[C@H](OP(C)(C)=O)CC2)CC1. The molecule has 3 rings (SSSR count). The average molecular weight is 520 g/mol. The predicted octanol–water partition coefficient (Wildman–Crippen LogP) is 6.79. The van der Waals surface area contributed by atoms with Crippen molar-refractivity contribution in [1.29, 1.82) is 0 Å².